The molecule has 0 saturated heterocycles. The van der Waals surface area contributed by atoms with Crippen LogP contribution in [0, 0.1) is 5.82 Å². The summed E-state index contributed by atoms with van der Waals surface area (Å²) in [5.74, 6) is -2.38. The molecule has 3 rings (SSSR count). The maximum Gasteiger partial charge on any atom is 1.00 e. The fourth-order valence-electron chi connectivity index (χ4n) is 3.17. The van der Waals surface area contributed by atoms with E-state index in [0.29, 0.717) is 11.1 Å². The van der Waals surface area contributed by atoms with Crippen molar-refractivity contribution in [3.8, 4) is 5.75 Å². The molecule has 0 fully saturated rings. The number of aromatic carboxylic acids is 1. The van der Waals surface area contributed by atoms with Gasteiger partial charge in [-0.15, -0.1) is 13.2 Å². The summed E-state index contributed by atoms with van der Waals surface area (Å²) in [5.41, 5.74) is 1.17. The summed E-state index contributed by atoms with van der Waals surface area (Å²) in [6, 6.07) is 10.4. The van der Waals surface area contributed by atoms with Gasteiger partial charge in [0.25, 0.3) is 0 Å². The Morgan fingerprint density at radius 3 is 2.43 bits per heavy atom. The SMILES string of the molecule is O=C([O-])c1cn(C/C(=N\OCCF)c2cccc(OC(F)(F)F)c2)cc1Cc1ccc(F)cc1.[Na+]. The molecule has 0 atom stereocenters. The number of rotatable bonds is 10. The van der Waals surface area contributed by atoms with Gasteiger partial charge in [-0.1, -0.05) is 29.4 Å². The Hall–Kier alpha value is -2.89. The van der Waals surface area contributed by atoms with Crippen LogP contribution in [0.3, 0.4) is 0 Å². The molecule has 0 aliphatic rings. The van der Waals surface area contributed by atoms with Crippen LogP contribution < -0.4 is 39.4 Å². The monoisotopic (exact) mass is 504 g/mol. The predicted octanol–water partition coefficient (Wildman–Crippen LogP) is 0.874. The van der Waals surface area contributed by atoms with Gasteiger partial charge in [0.1, 0.15) is 30.6 Å². The second kappa shape index (κ2) is 12.7. The number of oxime groups is 1. The fourth-order valence-corrected chi connectivity index (χ4v) is 3.17. The summed E-state index contributed by atoms with van der Waals surface area (Å²) in [6.07, 6.45) is -1.97. The van der Waals surface area contributed by atoms with Gasteiger partial charge in [0, 0.05) is 23.5 Å². The van der Waals surface area contributed by atoms with Crippen LogP contribution in [0.4, 0.5) is 22.0 Å². The van der Waals surface area contributed by atoms with Gasteiger partial charge in [0.2, 0.25) is 0 Å². The zero-order chi connectivity index (χ0) is 24.7. The van der Waals surface area contributed by atoms with Gasteiger partial charge in [-0.2, -0.15) is 0 Å². The first kappa shape index (κ1) is 28.3. The molecule has 0 N–H and O–H groups in total. The number of halogens is 5. The molecule has 2 aromatic carbocycles. The quantitative estimate of drug-likeness (QED) is 0.135. The van der Waals surface area contributed by atoms with Crippen LogP contribution in [0.2, 0.25) is 0 Å². The Balaban J connectivity index is 0.00000432. The van der Waals surface area contributed by atoms with Crippen molar-refractivity contribution in [3.63, 3.8) is 0 Å². The van der Waals surface area contributed by atoms with E-state index < -0.39 is 30.6 Å². The molecule has 0 aliphatic heterocycles. The van der Waals surface area contributed by atoms with Crippen LogP contribution in [0.15, 0.2) is 66.1 Å². The number of hydrogen-bond donors (Lipinski definition) is 0. The minimum Gasteiger partial charge on any atom is -0.545 e. The maximum absolute atomic E-state index is 13.2. The van der Waals surface area contributed by atoms with Crippen molar-refractivity contribution in [1.29, 1.82) is 0 Å². The zero-order valence-corrected chi connectivity index (χ0v) is 20.5. The van der Waals surface area contributed by atoms with E-state index >= 15 is 0 Å². The third-order valence-corrected chi connectivity index (χ3v) is 4.57. The van der Waals surface area contributed by atoms with Gasteiger partial charge in [-0.05, 0) is 41.8 Å². The summed E-state index contributed by atoms with van der Waals surface area (Å²) in [5, 5.41) is 15.4. The topological polar surface area (TPSA) is 75.9 Å². The van der Waals surface area contributed by atoms with E-state index in [1.54, 1.807) is 0 Å². The molecule has 0 aliphatic carbocycles. The molecule has 1 heterocycles. The van der Waals surface area contributed by atoms with Crippen LogP contribution in [0.1, 0.15) is 27.0 Å². The van der Waals surface area contributed by atoms with E-state index in [-0.39, 0.29) is 66.0 Å². The molecular formula is C23H18F5N2NaO4. The number of hydrogen-bond acceptors (Lipinski definition) is 5. The Kier molecular flexibility index (Phi) is 10.3. The molecule has 12 heteroatoms. The van der Waals surface area contributed by atoms with Crippen LogP contribution in [0.5, 0.6) is 5.75 Å². The maximum atomic E-state index is 13.2. The average Bonchev–Trinajstić information content (AvgIpc) is 3.16. The van der Waals surface area contributed by atoms with Gasteiger partial charge >= 0.3 is 35.9 Å². The number of nitrogens with zero attached hydrogens (tertiary/aromatic N) is 2. The normalized spacial score (nSPS) is 11.6. The van der Waals surface area contributed by atoms with Gasteiger partial charge in [0.15, 0.2) is 0 Å². The predicted molar refractivity (Wildman–Crippen MR) is 110 cm³/mol. The standard InChI is InChI=1S/C23H19F5N2O4.Na/c24-8-9-33-29-21(16-2-1-3-19(11-16)34-23(26,27)28)14-30-12-17(20(13-30)22(31)32)10-15-4-6-18(25)7-5-15;/h1-7,11-13H,8-10,14H2,(H,31,32);/q;+1/p-1/b29-21+;. The first-order valence-corrected chi connectivity index (χ1v) is 9.90. The first-order valence-electron chi connectivity index (χ1n) is 9.90. The molecule has 0 unspecified atom stereocenters. The van der Waals surface area contributed by atoms with Gasteiger partial charge in [-0.25, -0.2) is 8.78 Å². The average molecular weight is 504 g/mol. The third-order valence-electron chi connectivity index (χ3n) is 4.57. The van der Waals surface area contributed by atoms with Crippen molar-refractivity contribution in [3.05, 3.63) is 89.0 Å². The van der Waals surface area contributed by atoms with Crippen LogP contribution in [0.25, 0.3) is 0 Å². The molecule has 0 spiro atoms. The minimum absolute atomic E-state index is 0. The molecule has 35 heavy (non-hydrogen) atoms. The van der Waals surface area contributed by atoms with Crippen LogP contribution in [-0.2, 0) is 17.8 Å². The van der Waals surface area contributed by atoms with E-state index in [1.165, 1.54) is 53.4 Å². The van der Waals surface area contributed by atoms with Gasteiger partial charge < -0.3 is 24.0 Å². The number of alkyl halides is 4. The fraction of sp³-hybridized carbons (Fsp3) is 0.217. The number of aromatic nitrogens is 1. The Bertz CT molecular complexity index is 1160. The van der Waals surface area contributed by atoms with Crippen LogP contribution in [-0.4, -0.2) is 35.9 Å². The Morgan fingerprint density at radius 1 is 1.09 bits per heavy atom. The first-order chi connectivity index (χ1) is 16.1. The molecule has 3 aromatic rings. The second-order valence-electron chi connectivity index (χ2n) is 7.10. The Labute approximate surface area is 219 Å². The number of carboxylic acid groups (broad SMARTS) is 1. The van der Waals surface area contributed by atoms with Crippen molar-refractivity contribution in [2.24, 2.45) is 5.16 Å². The molecule has 0 saturated carbocycles. The van der Waals surface area contributed by atoms with E-state index in [2.05, 4.69) is 9.89 Å². The van der Waals surface area contributed by atoms with E-state index in [9.17, 15) is 31.9 Å². The summed E-state index contributed by atoms with van der Waals surface area (Å²) in [7, 11) is 0. The van der Waals surface area contributed by atoms with E-state index in [4.69, 9.17) is 4.84 Å². The molecule has 180 valence electrons. The summed E-state index contributed by atoms with van der Waals surface area (Å²) < 4.78 is 68.7. The summed E-state index contributed by atoms with van der Waals surface area (Å²) >= 11 is 0. The van der Waals surface area contributed by atoms with Crippen molar-refractivity contribution in [1.82, 2.24) is 4.57 Å². The summed E-state index contributed by atoms with van der Waals surface area (Å²) in [6.45, 7) is -1.34. The number of carbonyl (C=O) groups excluding carboxylic acids is 1. The van der Waals surface area contributed by atoms with E-state index in [1.807, 2.05) is 0 Å². The van der Waals surface area contributed by atoms with Crippen LogP contribution >= 0.6 is 0 Å². The van der Waals surface area contributed by atoms with Crippen molar-refractivity contribution in [2.45, 2.75) is 19.3 Å². The molecule has 1 aromatic heterocycles. The summed E-state index contributed by atoms with van der Waals surface area (Å²) in [4.78, 5) is 16.5. The molecule has 0 bridgehead atoms. The molecule has 0 amide bonds. The zero-order valence-electron chi connectivity index (χ0n) is 18.5. The molecule has 0 radical (unpaired) electrons. The molecule has 6 nitrogen and oxygen atoms in total. The van der Waals surface area contributed by atoms with E-state index in [0.717, 1.165) is 12.1 Å². The van der Waals surface area contributed by atoms with Crippen molar-refractivity contribution < 1.29 is 71.0 Å². The van der Waals surface area contributed by atoms with Gasteiger partial charge in [0.05, 0.1) is 12.5 Å². The number of benzene rings is 2. The number of carboxylic acids is 1. The number of carbonyl (C=O) groups is 1. The minimum atomic E-state index is -4.90. The third kappa shape index (κ3) is 8.68. The van der Waals surface area contributed by atoms with Crippen molar-refractivity contribution >= 4 is 11.7 Å². The van der Waals surface area contributed by atoms with Gasteiger partial charge in [-0.3, -0.25) is 0 Å². The second-order valence-corrected chi connectivity index (χ2v) is 7.10. The van der Waals surface area contributed by atoms with Crippen molar-refractivity contribution in [2.75, 3.05) is 13.3 Å². The Morgan fingerprint density at radius 2 is 1.80 bits per heavy atom. The molecular weight excluding hydrogens is 486 g/mol. The smallest absolute Gasteiger partial charge is 0.545 e. The largest absolute Gasteiger partial charge is 1.00 e. The number of ether oxygens (including phenoxy) is 1.